The summed E-state index contributed by atoms with van der Waals surface area (Å²) in [5.74, 6) is 0. The van der Waals surface area contributed by atoms with Crippen LogP contribution in [0.25, 0.3) is 0 Å². The summed E-state index contributed by atoms with van der Waals surface area (Å²) in [5, 5.41) is 9.07. The fraction of sp³-hybridized carbons (Fsp3) is 0.583. The van der Waals surface area contributed by atoms with Crippen molar-refractivity contribution in [1.29, 1.82) is 5.26 Å². The van der Waals surface area contributed by atoms with Gasteiger partial charge >= 0.3 is 0 Å². The van der Waals surface area contributed by atoms with E-state index in [1.165, 1.54) is 41.0 Å². The van der Waals surface area contributed by atoms with E-state index in [0.717, 1.165) is 0 Å². The van der Waals surface area contributed by atoms with Crippen LogP contribution in [0.5, 0.6) is 0 Å². The normalized spacial score (nSPS) is 16.1. The minimum atomic E-state index is -0.304. The van der Waals surface area contributed by atoms with Gasteiger partial charge in [0.25, 0.3) is 0 Å². The van der Waals surface area contributed by atoms with Gasteiger partial charge in [-0.15, -0.1) is 11.3 Å². The lowest BCUT2D eigenvalue weighted by Crippen LogP contribution is -2.11. The SMILES string of the molecule is CC(C)(C#N)c1cc2c(s1)CCCC2. The molecule has 0 fully saturated rings. The van der Waals surface area contributed by atoms with Gasteiger partial charge in [-0.1, -0.05) is 0 Å². The molecule has 1 nitrogen and oxygen atoms in total. The monoisotopic (exact) mass is 205 g/mol. The van der Waals surface area contributed by atoms with Crippen LogP contribution in [0.4, 0.5) is 0 Å². The molecule has 0 amide bonds. The van der Waals surface area contributed by atoms with Gasteiger partial charge in [0.2, 0.25) is 0 Å². The third kappa shape index (κ3) is 1.57. The van der Waals surface area contributed by atoms with Crippen LogP contribution in [0.1, 0.15) is 42.0 Å². The number of fused-ring (bicyclic) bond motifs is 1. The molecule has 0 atom stereocenters. The fourth-order valence-electron chi connectivity index (χ4n) is 1.85. The predicted molar refractivity (Wildman–Crippen MR) is 59.6 cm³/mol. The lowest BCUT2D eigenvalue weighted by Gasteiger charge is -2.11. The average Bonchev–Trinajstić information content (AvgIpc) is 2.61. The fourth-order valence-corrected chi connectivity index (χ4v) is 3.16. The molecule has 0 bridgehead atoms. The summed E-state index contributed by atoms with van der Waals surface area (Å²) in [6, 6.07) is 4.63. The number of hydrogen-bond donors (Lipinski definition) is 0. The molecule has 0 N–H and O–H groups in total. The van der Waals surface area contributed by atoms with Crippen molar-refractivity contribution in [2.75, 3.05) is 0 Å². The summed E-state index contributed by atoms with van der Waals surface area (Å²) in [6.07, 6.45) is 5.07. The van der Waals surface area contributed by atoms with E-state index in [9.17, 15) is 0 Å². The second kappa shape index (κ2) is 3.40. The molecule has 1 aromatic rings. The summed E-state index contributed by atoms with van der Waals surface area (Å²) in [5.41, 5.74) is 1.20. The molecule has 74 valence electrons. The summed E-state index contributed by atoms with van der Waals surface area (Å²) in [6.45, 7) is 4.01. The maximum atomic E-state index is 9.07. The zero-order valence-electron chi connectivity index (χ0n) is 8.76. The van der Waals surface area contributed by atoms with Crippen LogP contribution in [0.15, 0.2) is 6.07 Å². The Morgan fingerprint density at radius 2 is 2.07 bits per heavy atom. The molecule has 2 rings (SSSR count). The van der Waals surface area contributed by atoms with E-state index in [1.807, 2.05) is 25.2 Å². The Hall–Kier alpha value is -0.810. The van der Waals surface area contributed by atoms with E-state index in [4.69, 9.17) is 5.26 Å². The Balaban J connectivity index is 2.38. The van der Waals surface area contributed by atoms with Gasteiger partial charge in [-0.25, -0.2) is 0 Å². The molecule has 0 saturated carbocycles. The van der Waals surface area contributed by atoms with Gasteiger partial charge < -0.3 is 0 Å². The highest BCUT2D eigenvalue weighted by atomic mass is 32.1. The van der Waals surface area contributed by atoms with Crippen molar-refractivity contribution in [1.82, 2.24) is 0 Å². The summed E-state index contributed by atoms with van der Waals surface area (Å²) in [7, 11) is 0. The first kappa shape index (κ1) is 9.73. The molecule has 0 spiro atoms. The van der Waals surface area contributed by atoms with Gasteiger partial charge in [0, 0.05) is 9.75 Å². The Morgan fingerprint density at radius 3 is 2.71 bits per heavy atom. The standard InChI is InChI=1S/C12H15NS/c1-12(2,8-13)11-7-9-5-3-4-6-10(9)14-11/h7H,3-6H2,1-2H3. The maximum absolute atomic E-state index is 9.07. The highest BCUT2D eigenvalue weighted by molar-refractivity contribution is 7.12. The lowest BCUT2D eigenvalue weighted by molar-refractivity contribution is 0.690. The molecule has 1 aliphatic rings. The number of rotatable bonds is 1. The number of aryl methyl sites for hydroxylation is 2. The van der Waals surface area contributed by atoms with Gasteiger partial charge in [0.15, 0.2) is 0 Å². The molecule has 0 saturated heterocycles. The smallest absolute Gasteiger partial charge is 0.0859 e. The van der Waals surface area contributed by atoms with Crippen LogP contribution in [0, 0.1) is 11.3 Å². The quantitative estimate of drug-likeness (QED) is 0.689. The van der Waals surface area contributed by atoms with Crippen LogP contribution in [-0.4, -0.2) is 0 Å². The van der Waals surface area contributed by atoms with Crippen LogP contribution in [-0.2, 0) is 18.3 Å². The summed E-state index contributed by atoms with van der Waals surface area (Å²) in [4.78, 5) is 2.77. The van der Waals surface area contributed by atoms with E-state index in [1.54, 1.807) is 0 Å². The predicted octanol–water partition coefficient (Wildman–Crippen LogP) is 3.43. The summed E-state index contributed by atoms with van der Waals surface area (Å²) < 4.78 is 0. The largest absolute Gasteiger partial charge is 0.197 e. The van der Waals surface area contributed by atoms with Crippen molar-refractivity contribution < 1.29 is 0 Å². The number of hydrogen-bond acceptors (Lipinski definition) is 2. The van der Waals surface area contributed by atoms with E-state index in [-0.39, 0.29) is 5.41 Å². The summed E-state index contributed by atoms with van der Waals surface area (Å²) >= 11 is 1.84. The number of nitrogens with zero attached hydrogens (tertiary/aromatic N) is 1. The van der Waals surface area contributed by atoms with Gasteiger partial charge in [0.05, 0.1) is 11.5 Å². The topological polar surface area (TPSA) is 23.8 Å². The minimum Gasteiger partial charge on any atom is -0.197 e. The zero-order valence-corrected chi connectivity index (χ0v) is 9.58. The second-order valence-electron chi connectivity index (χ2n) is 4.50. The Kier molecular flexibility index (Phi) is 2.36. The molecule has 0 aromatic carbocycles. The van der Waals surface area contributed by atoms with Crippen LogP contribution < -0.4 is 0 Å². The third-order valence-corrected chi connectivity index (χ3v) is 4.45. The Morgan fingerprint density at radius 1 is 1.36 bits per heavy atom. The van der Waals surface area contributed by atoms with Gasteiger partial charge in [-0.3, -0.25) is 0 Å². The third-order valence-electron chi connectivity index (χ3n) is 2.89. The van der Waals surface area contributed by atoms with Crippen molar-refractivity contribution in [2.45, 2.75) is 44.9 Å². The van der Waals surface area contributed by atoms with Crippen molar-refractivity contribution in [3.05, 3.63) is 21.4 Å². The number of nitriles is 1. The molecular weight excluding hydrogens is 190 g/mol. The first-order chi connectivity index (χ1) is 6.63. The molecule has 1 aliphatic carbocycles. The lowest BCUT2D eigenvalue weighted by atomic mass is 9.91. The minimum absolute atomic E-state index is 0.304. The van der Waals surface area contributed by atoms with Gasteiger partial charge in [0.1, 0.15) is 0 Å². The van der Waals surface area contributed by atoms with E-state index in [0.29, 0.717) is 0 Å². The average molecular weight is 205 g/mol. The zero-order chi connectivity index (χ0) is 10.2. The van der Waals surface area contributed by atoms with E-state index >= 15 is 0 Å². The number of thiophene rings is 1. The Bertz CT molecular complexity index is 358. The highest BCUT2D eigenvalue weighted by Crippen LogP contribution is 2.35. The molecular formula is C12H15NS. The molecule has 2 heteroatoms. The molecule has 14 heavy (non-hydrogen) atoms. The first-order valence-electron chi connectivity index (χ1n) is 5.17. The molecule has 1 heterocycles. The molecule has 0 unspecified atom stereocenters. The maximum Gasteiger partial charge on any atom is 0.0859 e. The van der Waals surface area contributed by atoms with Gasteiger partial charge in [-0.2, -0.15) is 5.26 Å². The Labute approximate surface area is 89.4 Å². The van der Waals surface area contributed by atoms with Gasteiger partial charge in [-0.05, 0) is 51.2 Å². The van der Waals surface area contributed by atoms with E-state index < -0.39 is 0 Å². The van der Waals surface area contributed by atoms with Crippen LogP contribution in [0.2, 0.25) is 0 Å². The molecule has 0 radical (unpaired) electrons. The van der Waals surface area contributed by atoms with E-state index in [2.05, 4.69) is 12.1 Å². The van der Waals surface area contributed by atoms with Crippen molar-refractivity contribution >= 4 is 11.3 Å². The molecule has 0 aliphatic heterocycles. The van der Waals surface area contributed by atoms with Crippen molar-refractivity contribution in [3.63, 3.8) is 0 Å². The van der Waals surface area contributed by atoms with Crippen LogP contribution in [0.3, 0.4) is 0 Å². The highest BCUT2D eigenvalue weighted by Gasteiger charge is 2.24. The molecule has 1 aromatic heterocycles. The van der Waals surface area contributed by atoms with Crippen molar-refractivity contribution in [3.8, 4) is 6.07 Å². The first-order valence-corrected chi connectivity index (χ1v) is 5.98. The second-order valence-corrected chi connectivity index (χ2v) is 5.64. The van der Waals surface area contributed by atoms with Crippen molar-refractivity contribution in [2.24, 2.45) is 0 Å². The van der Waals surface area contributed by atoms with Crippen LogP contribution >= 0.6 is 11.3 Å².